The summed E-state index contributed by atoms with van der Waals surface area (Å²) in [5.41, 5.74) is 9.16. The van der Waals surface area contributed by atoms with E-state index in [1.54, 1.807) is 35.2 Å². The minimum Gasteiger partial charge on any atom is -0.508 e. The van der Waals surface area contributed by atoms with Crippen LogP contribution in [0.15, 0.2) is 78.0 Å². The Hall–Kier alpha value is -5.03. The lowest BCUT2D eigenvalue weighted by molar-refractivity contribution is -0.135. The van der Waals surface area contributed by atoms with Crippen molar-refractivity contribution in [1.82, 2.24) is 14.9 Å². The molecule has 5 N–H and O–H groups in total. The Morgan fingerprint density at radius 3 is 2.68 bits per heavy atom. The average Bonchev–Trinajstić information content (AvgIpc) is 3.47. The van der Waals surface area contributed by atoms with Crippen molar-refractivity contribution in [2.75, 3.05) is 25.0 Å². The summed E-state index contributed by atoms with van der Waals surface area (Å²) in [5, 5.41) is 23.1. The summed E-state index contributed by atoms with van der Waals surface area (Å²) >= 11 is 0. The number of phenols is 1. The highest BCUT2D eigenvalue weighted by molar-refractivity contribution is 6.00. The number of aliphatic carboxylic acids is 1. The van der Waals surface area contributed by atoms with Crippen LogP contribution in [0.5, 0.6) is 5.75 Å². The van der Waals surface area contributed by atoms with Crippen molar-refractivity contribution in [1.29, 1.82) is 0 Å². The van der Waals surface area contributed by atoms with Crippen molar-refractivity contribution >= 4 is 34.4 Å². The Kier molecular flexibility index (Phi) is 8.35. The van der Waals surface area contributed by atoms with Gasteiger partial charge in [0.15, 0.2) is 0 Å². The van der Waals surface area contributed by atoms with Gasteiger partial charge in [-0.2, -0.15) is 0 Å². The number of aromatic nitrogens is 2. The van der Waals surface area contributed by atoms with E-state index >= 15 is 0 Å². The van der Waals surface area contributed by atoms with Gasteiger partial charge in [-0.25, -0.2) is 9.97 Å². The van der Waals surface area contributed by atoms with E-state index in [2.05, 4.69) is 20.3 Å². The van der Waals surface area contributed by atoms with E-state index in [9.17, 15) is 14.7 Å². The number of aromatic hydroxyl groups is 1. The molecule has 0 aliphatic carbocycles. The van der Waals surface area contributed by atoms with Crippen LogP contribution in [-0.2, 0) is 22.7 Å². The van der Waals surface area contributed by atoms with E-state index in [1.165, 1.54) is 12.4 Å². The summed E-state index contributed by atoms with van der Waals surface area (Å²) in [6.07, 6.45) is 2.19. The van der Waals surface area contributed by atoms with Gasteiger partial charge in [-0.3, -0.25) is 14.6 Å². The molecule has 210 valence electrons. The van der Waals surface area contributed by atoms with Gasteiger partial charge < -0.3 is 30.9 Å². The normalized spacial score (nSPS) is 15.3. The van der Waals surface area contributed by atoms with Gasteiger partial charge in [-0.15, -0.1) is 0 Å². The highest BCUT2D eigenvalue weighted by Gasteiger charge is 2.28. The molecule has 5 rings (SSSR count). The molecule has 1 aliphatic heterocycles. The third kappa shape index (κ3) is 6.76. The van der Waals surface area contributed by atoms with E-state index in [1.807, 2.05) is 30.3 Å². The van der Waals surface area contributed by atoms with E-state index in [-0.39, 0.29) is 30.1 Å². The number of hydrogen-bond donors (Lipinski definition) is 4. The molecular weight excluding hydrogens is 524 g/mol. The Morgan fingerprint density at radius 2 is 1.88 bits per heavy atom. The third-order valence-corrected chi connectivity index (χ3v) is 6.85. The van der Waals surface area contributed by atoms with E-state index in [0.29, 0.717) is 53.1 Å². The molecule has 1 saturated heterocycles. The Bertz CT molecular complexity index is 1590. The number of rotatable bonds is 10. The molecule has 11 heteroatoms. The number of carboxylic acids is 1. The number of aliphatic imine (C=N–C) groups is 1. The molecule has 1 amide bonds. The number of carbonyl (C=O) groups excluding carboxylic acids is 1. The first-order valence-corrected chi connectivity index (χ1v) is 13.1. The summed E-state index contributed by atoms with van der Waals surface area (Å²) in [6, 6.07) is 20.0. The smallest absolute Gasteiger partial charge is 0.325 e. The molecule has 0 radical (unpaired) electrons. The highest BCUT2D eigenvalue weighted by Crippen LogP contribution is 2.25. The van der Waals surface area contributed by atoms with Gasteiger partial charge in [0.2, 0.25) is 0 Å². The van der Waals surface area contributed by atoms with Crippen molar-refractivity contribution in [2.45, 2.75) is 25.7 Å². The zero-order valence-electron chi connectivity index (χ0n) is 22.2. The van der Waals surface area contributed by atoms with Gasteiger partial charge in [0.25, 0.3) is 5.91 Å². The first-order chi connectivity index (χ1) is 19.9. The molecule has 1 aliphatic rings. The van der Waals surface area contributed by atoms with Gasteiger partial charge in [0.05, 0.1) is 18.2 Å². The minimum absolute atomic E-state index is 0.00792. The number of nitrogens with two attached hydrogens (primary N) is 1. The largest absolute Gasteiger partial charge is 0.508 e. The van der Waals surface area contributed by atoms with Crippen LogP contribution in [0, 0.1) is 0 Å². The summed E-state index contributed by atoms with van der Waals surface area (Å²) in [5.74, 6) is -0.538. The van der Waals surface area contributed by atoms with Crippen LogP contribution in [0.3, 0.4) is 0 Å². The van der Waals surface area contributed by atoms with Crippen molar-refractivity contribution in [3.05, 3.63) is 95.3 Å². The van der Waals surface area contributed by atoms with Crippen LogP contribution in [-0.4, -0.2) is 68.5 Å². The fraction of sp³-hybridized carbons (Fsp3) is 0.233. The molecule has 1 unspecified atom stereocenters. The first kappa shape index (κ1) is 27.5. The maximum absolute atomic E-state index is 13.2. The number of amidine groups is 1. The standard InChI is InChI=1S/C30H30N6O5/c31-28(32-15-27(38)39)20-7-9-26(37)22(12-20)14-33-29-24-8-6-21(13-25(24)34-18-35-29)30(40)36-11-10-23(16-36)41-17-19-4-2-1-3-5-19/h1-9,12-13,18,23,37H,10-11,14-17H2,(H2,31,32)(H,38,39)(H,33,34,35). The zero-order valence-corrected chi connectivity index (χ0v) is 22.2. The van der Waals surface area contributed by atoms with Gasteiger partial charge in [-0.1, -0.05) is 30.3 Å². The van der Waals surface area contributed by atoms with Gasteiger partial charge in [0, 0.05) is 41.7 Å². The number of carbonyl (C=O) groups is 2. The van der Waals surface area contributed by atoms with Crippen molar-refractivity contribution < 1.29 is 24.5 Å². The number of benzene rings is 3. The topological polar surface area (TPSA) is 163 Å². The number of anilines is 1. The lowest BCUT2D eigenvalue weighted by Crippen LogP contribution is -2.30. The van der Waals surface area contributed by atoms with Crippen molar-refractivity contribution in [2.24, 2.45) is 10.7 Å². The zero-order chi connectivity index (χ0) is 28.8. The number of nitrogens with one attached hydrogen (secondary N) is 1. The fourth-order valence-corrected chi connectivity index (χ4v) is 4.66. The molecule has 3 aromatic carbocycles. The maximum atomic E-state index is 13.2. The summed E-state index contributed by atoms with van der Waals surface area (Å²) in [4.78, 5) is 38.4. The Balaban J connectivity index is 1.24. The number of hydrogen-bond acceptors (Lipinski definition) is 8. The van der Waals surface area contributed by atoms with Gasteiger partial charge in [-0.05, 0) is 48.4 Å². The first-order valence-electron chi connectivity index (χ1n) is 13.1. The molecule has 11 nitrogen and oxygen atoms in total. The maximum Gasteiger partial charge on any atom is 0.325 e. The van der Waals surface area contributed by atoms with Crippen LogP contribution < -0.4 is 11.1 Å². The molecule has 4 aromatic rings. The predicted octanol–water partition coefficient (Wildman–Crippen LogP) is 3.17. The summed E-state index contributed by atoms with van der Waals surface area (Å²) < 4.78 is 6.03. The van der Waals surface area contributed by atoms with Crippen molar-refractivity contribution in [3.8, 4) is 5.75 Å². The highest BCUT2D eigenvalue weighted by atomic mass is 16.5. The molecule has 41 heavy (non-hydrogen) atoms. The summed E-state index contributed by atoms with van der Waals surface area (Å²) in [7, 11) is 0. The van der Waals surface area contributed by atoms with E-state index < -0.39 is 12.5 Å². The average molecular weight is 555 g/mol. The number of carboxylic acid groups (broad SMARTS) is 1. The van der Waals surface area contributed by atoms with Gasteiger partial charge >= 0.3 is 5.97 Å². The second-order valence-electron chi connectivity index (χ2n) is 9.70. The monoisotopic (exact) mass is 554 g/mol. The molecule has 1 atom stereocenters. The number of likely N-dealkylation sites (tertiary alicyclic amines) is 1. The molecule has 0 bridgehead atoms. The van der Waals surface area contributed by atoms with Crippen LogP contribution in [0.25, 0.3) is 10.9 Å². The lowest BCUT2D eigenvalue weighted by atomic mass is 10.1. The van der Waals surface area contributed by atoms with Crippen LogP contribution in [0.2, 0.25) is 0 Å². The molecular formula is C30H30N6O5. The number of fused-ring (bicyclic) bond motifs is 1. The molecule has 1 fully saturated rings. The predicted molar refractivity (Wildman–Crippen MR) is 154 cm³/mol. The lowest BCUT2D eigenvalue weighted by Gasteiger charge is -2.17. The molecule has 0 saturated carbocycles. The SMILES string of the molecule is NC(=NCC(=O)O)c1ccc(O)c(CNc2ncnc3cc(C(=O)N4CCC(OCc5ccccc5)C4)ccc23)c1. The van der Waals surface area contributed by atoms with E-state index in [0.717, 1.165) is 12.0 Å². The quantitative estimate of drug-likeness (QED) is 0.170. The minimum atomic E-state index is -1.09. The Labute approximate surface area is 236 Å². The number of ether oxygens (including phenoxy) is 1. The van der Waals surface area contributed by atoms with Gasteiger partial charge in [0.1, 0.15) is 30.3 Å². The number of amides is 1. The number of nitrogens with zero attached hydrogens (tertiary/aromatic N) is 4. The number of phenolic OH excluding ortho intramolecular Hbond substituents is 1. The fourth-order valence-electron chi connectivity index (χ4n) is 4.66. The molecule has 2 heterocycles. The van der Waals surface area contributed by atoms with E-state index in [4.69, 9.17) is 15.6 Å². The second kappa shape index (κ2) is 12.4. The Morgan fingerprint density at radius 1 is 1.07 bits per heavy atom. The van der Waals surface area contributed by atoms with Crippen LogP contribution >= 0.6 is 0 Å². The summed E-state index contributed by atoms with van der Waals surface area (Å²) in [6.45, 7) is 1.44. The van der Waals surface area contributed by atoms with Crippen LogP contribution in [0.1, 0.15) is 33.5 Å². The van der Waals surface area contributed by atoms with Crippen LogP contribution in [0.4, 0.5) is 5.82 Å². The third-order valence-electron chi connectivity index (χ3n) is 6.85. The van der Waals surface area contributed by atoms with Crippen molar-refractivity contribution in [3.63, 3.8) is 0 Å². The second-order valence-corrected chi connectivity index (χ2v) is 9.70. The molecule has 1 aromatic heterocycles. The molecule has 0 spiro atoms.